The van der Waals surface area contributed by atoms with Crippen LogP contribution in [0.15, 0.2) is 0 Å². The topological polar surface area (TPSA) is 69.7 Å². The van der Waals surface area contributed by atoms with E-state index in [2.05, 4.69) is 9.47 Å². The van der Waals surface area contributed by atoms with Gasteiger partial charge in [-0.25, -0.2) is 0 Å². The molecule has 13 heavy (non-hydrogen) atoms. The zero-order valence-corrected chi connectivity index (χ0v) is 7.35. The Kier molecular flexibility index (Phi) is 2.65. The smallest absolute Gasteiger partial charge is 0.310 e. The van der Waals surface area contributed by atoms with E-state index in [4.69, 9.17) is 0 Å². The van der Waals surface area contributed by atoms with Gasteiger partial charge in [-0.05, 0) is 0 Å². The predicted molar refractivity (Wildman–Crippen MR) is 40.6 cm³/mol. The fourth-order valence-electron chi connectivity index (χ4n) is 1.38. The number of aldehydes is 1. The lowest BCUT2D eigenvalue weighted by Gasteiger charge is -1.95. The van der Waals surface area contributed by atoms with Crippen LogP contribution in [0, 0.1) is 17.8 Å². The van der Waals surface area contributed by atoms with E-state index in [1.165, 1.54) is 14.2 Å². The van der Waals surface area contributed by atoms with Gasteiger partial charge in [-0.15, -0.1) is 0 Å². The third-order valence-corrected chi connectivity index (χ3v) is 2.18. The molecule has 0 amide bonds. The Morgan fingerprint density at radius 1 is 1.08 bits per heavy atom. The van der Waals surface area contributed by atoms with Crippen LogP contribution in [0.4, 0.5) is 0 Å². The summed E-state index contributed by atoms with van der Waals surface area (Å²) < 4.78 is 8.85. The lowest BCUT2D eigenvalue weighted by Crippen LogP contribution is -2.10. The third kappa shape index (κ3) is 1.54. The van der Waals surface area contributed by atoms with Crippen molar-refractivity contribution in [2.75, 3.05) is 14.2 Å². The van der Waals surface area contributed by atoms with E-state index >= 15 is 0 Å². The highest BCUT2D eigenvalue weighted by Crippen LogP contribution is 2.46. The standard InChI is InChI=1S/C8H10O5/c1-12-7(10)5-4(3-9)6(5)8(11)13-2/h3-6H,1-2H3. The van der Waals surface area contributed by atoms with Crippen molar-refractivity contribution in [3.05, 3.63) is 0 Å². The van der Waals surface area contributed by atoms with Gasteiger partial charge in [0.1, 0.15) is 6.29 Å². The van der Waals surface area contributed by atoms with Crippen LogP contribution in [0.25, 0.3) is 0 Å². The van der Waals surface area contributed by atoms with Crippen LogP contribution >= 0.6 is 0 Å². The Balaban J connectivity index is 2.64. The molecule has 1 aliphatic carbocycles. The minimum absolute atomic E-state index is 0.535. The molecule has 0 aromatic heterocycles. The van der Waals surface area contributed by atoms with Gasteiger partial charge in [-0.2, -0.15) is 0 Å². The molecule has 1 saturated carbocycles. The molecule has 2 atom stereocenters. The Bertz CT molecular complexity index is 225. The van der Waals surface area contributed by atoms with Crippen molar-refractivity contribution in [1.29, 1.82) is 0 Å². The third-order valence-electron chi connectivity index (χ3n) is 2.18. The number of ether oxygens (including phenoxy) is 2. The maximum atomic E-state index is 11.0. The second-order valence-corrected chi connectivity index (χ2v) is 2.81. The van der Waals surface area contributed by atoms with Crippen LogP contribution in [0.3, 0.4) is 0 Å². The summed E-state index contributed by atoms with van der Waals surface area (Å²) >= 11 is 0. The summed E-state index contributed by atoms with van der Waals surface area (Å²) in [6.07, 6.45) is 0.586. The Morgan fingerprint density at radius 3 is 1.69 bits per heavy atom. The summed E-state index contributed by atoms with van der Waals surface area (Å²) in [5, 5.41) is 0. The molecule has 0 N–H and O–H groups in total. The quantitative estimate of drug-likeness (QED) is 0.434. The molecule has 1 aliphatic rings. The van der Waals surface area contributed by atoms with Crippen LogP contribution in [0.5, 0.6) is 0 Å². The monoisotopic (exact) mass is 186 g/mol. The first kappa shape index (κ1) is 9.70. The average molecular weight is 186 g/mol. The van der Waals surface area contributed by atoms with Gasteiger partial charge in [-0.3, -0.25) is 9.59 Å². The lowest BCUT2D eigenvalue weighted by atomic mass is 10.3. The molecule has 5 nitrogen and oxygen atoms in total. The first-order valence-electron chi connectivity index (χ1n) is 3.78. The molecule has 0 radical (unpaired) electrons. The van der Waals surface area contributed by atoms with Crippen LogP contribution in [0.2, 0.25) is 0 Å². The van der Waals surface area contributed by atoms with Gasteiger partial charge < -0.3 is 14.3 Å². The van der Waals surface area contributed by atoms with Crippen molar-refractivity contribution in [1.82, 2.24) is 0 Å². The number of hydrogen-bond donors (Lipinski definition) is 0. The summed E-state index contributed by atoms with van der Waals surface area (Å²) in [5.74, 6) is -2.93. The molecule has 1 rings (SSSR count). The van der Waals surface area contributed by atoms with E-state index in [0.717, 1.165) is 0 Å². The second kappa shape index (κ2) is 3.55. The highest BCUT2D eigenvalue weighted by atomic mass is 16.5. The van der Waals surface area contributed by atoms with Crippen molar-refractivity contribution in [3.8, 4) is 0 Å². The Labute approximate surface area is 75.0 Å². The maximum Gasteiger partial charge on any atom is 0.310 e. The molecule has 0 aliphatic heterocycles. The highest BCUT2D eigenvalue weighted by Gasteiger charge is 2.60. The van der Waals surface area contributed by atoms with Crippen molar-refractivity contribution in [2.24, 2.45) is 17.8 Å². The van der Waals surface area contributed by atoms with Crippen LogP contribution in [-0.2, 0) is 23.9 Å². The Hall–Kier alpha value is -1.39. The number of carbonyl (C=O) groups is 3. The Morgan fingerprint density at radius 2 is 1.46 bits per heavy atom. The van der Waals surface area contributed by atoms with E-state index in [1.807, 2.05) is 0 Å². The molecular weight excluding hydrogens is 176 g/mol. The summed E-state index contributed by atoms with van der Waals surface area (Å²) in [7, 11) is 2.44. The van der Waals surface area contributed by atoms with Gasteiger partial charge in [0.15, 0.2) is 0 Å². The summed E-state index contributed by atoms with van der Waals surface area (Å²) in [6, 6.07) is 0. The molecule has 0 heterocycles. The van der Waals surface area contributed by atoms with Crippen molar-refractivity contribution in [2.45, 2.75) is 0 Å². The largest absolute Gasteiger partial charge is 0.469 e. The molecule has 1 fully saturated rings. The average Bonchev–Trinajstić information content (AvgIpc) is 2.89. The summed E-state index contributed by atoms with van der Waals surface area (Å²) in [4.78, 5) is 32.4. The van der Waals surface area contributed by atoms with E-state index in [-0.39, 0.29) is 0 Å². The first-order chi connectivity index (χ1) is 6.17. The first-order valence-corrected chi connectivity index (χ1v) is 3.78. The number of hydrogen-bond acceptors (Lipinski definition) is 5. The molecular formula is C8H10O5. The molecule has 0 spiro atoms. The molecule has 5 heteroatoms. The molecule has 2 unspecified atom stereocenters. The van der Waals surface area contributed by atoms with Crippen molar-refractivity contribution < 1.29 is 23.9 Å². The van der Waals surface area contributed by atoms with Crippen molar-refractivity contribution in [3.63, 3.8) is 0 Å². The zero-order valence-electron chi connectivity index (χ0n) is 7.35. The molecule has 72 valence electrons. The van der Waals surface area contributed by atoms with E-state index < -0.39 is 29.7 Å². The summed E-state index contributed by atoms with van der Waals surface area (Å²) in [5.41, 5.74) is 0. The van der Waals surface area contributed by atoms with E-state index in [9.17, 15) is 14.4 Å². The second-order valence-electron chi connectivity index (χ2n) is 2.81. The summed E-state index contributed by atoms with van der Waals surface area (Å²) in [6.45, 7) is 0. The number of methoxy groups -OCH3 is 2. The minimum Gasteiger partial charge on any atom is -0.469 e. The fraction of sp³-hybridized carbons (Fsp3) is 0.625. The van der Waals surface area contributed by atoms with E-state index in [1.54, 1.807) is 0 Å². The number of rotatable bonds is 3. The lowest BCUT2D eigenvalue weighted by molar-refractivity contribution is -0.148. The van der Waals surface area contributed by atoms with Gasteiger partial charge in [0.05, 0.1) is 26.1 Å². The van der Waals surface area contributed by atoms with Crippen molar-refractivity contribution >= 4 is 18.2 Å². The normalized spacial score (nSPS) is 30.5. The van der Waals surface area contributed by atoms with E-state index in [0.29, 0.717) is 6.29 Å². The predicted octanol–water partition coefficient (Wildman–Crippen LogP) is -0.607. The zero-order chi connectivity index (χ0) is 10.0. The molecule has 0 aromatic rings. The number of carbonyl (C=O) groups excluding carboxylic acids is 3. The number of esters is 2. The van der Waals surface area contributed by atoms with Gasteiger partial charge in [-0.1, -0.05) is 0 Å². The highest BCUT2D eigenvalue weighted by molar-refractivity contribution is 5.93. The van der Waals surface area contributed by atoms with Crippen LogP contribution in [0.1, 0.15) is 0 Å². The van der Waals surface area contributed by atoms with Crippen LogP contribution < -0.4 is 0 Å². The van der Waals surface area contributed by atoms with Gasteiger partial charge in [0, 0.05) is 5.92 Å². The van der Waals surface area contributed by atoms with Gasteiger partial charge in [0.25, 0.3) is 0 Å². The van der Waals surface area contributed by atoms with Crippen LogP contribution in [-0.4, -0.2) is 32.4 Å². The minimum atomic E-state index is -0.644. The fourth-order valence-corrected chi connectivity index (χ4v) is 1.38. The van der Waals surface area contributed by atoms with Gasteiger partial charge >= 0.3 is 11.9 Å². The molecule has 0 aromatic carbocycles. The molecule has 0 saturated heterocycles. The molecule has 0 bridgehead atoms. The SMILES string of the molecule is COC(=O)C1C(C=O)C1C(=O)OC. The van der Waals surface area contributed by atoms with Gasteiger partial charge in [0.2, 0.25) is 0 Å². The maximum absolute atomic E-state index is 11.0.